The van der Waals surface area contributed by atoms with Crippen LogP contribution in [0.1, 0.15) is 24.2 Å². The molecule has 0 fully saturated rings. The Morgan fingerprint density at radius 2 is 1.83 bits per heavy atom. The minimum Gasteiger partial charge on any atom is -0.484 e. The second-order valence-corrected chi connectivity index (χ2v) is 5.84. The normalized spacial score (nSPS) is 13.2. The Balaban J connectivity index is 1.77. The lowest BCUT2D eigenvalue weighted by Gasteiger charge is -2.17. The lowest BCUT2D eigenvalue weighted by molar-refractivity contribution is -0.119. The van der Waals surface area contributed by atoms with Crippen LogP contribution in [-0.2, 0) is 11.2 Å². The van der Waals surface area contributed by atoms with Gasteiger partial charge in [-0.3, -0.25) is 4.79 Å². The first-order chi connectivity index (χ1) is 11.5. The zero-order valence-electron chi connectivity index (χ0n) is 13.8. The fraction of sp³-hybridized carbons (Fsp3) is 0.316. The first-order valence-electron chi connectivity index (χ1n) is 8.01. The highest BCUT2D eigenvalue weighted by Gasteiger charge is 2.09. The number of aliphatic hydroxyl groups is 1. The second kappa shape index (κ2) is 9.05. The van der Waals surface area contributed by atoms with Gasteiger partial charge in [-0.15, -0.1) is 0 Å². The first kappa shape index (κ1) is 18.0. The Kier molecular flexibility index (Phi) is 6.78. The quantitative estimate of drug-likeness (QED) is 0.655. The Labute approximate surface area is 142 Å². The maximum Gasteiger partial charge on any atom is 0.255 e. The van der Waals surface area contributed by atoms with E-state index in [0.29, 0.717) is 12.3 Å². The van der Waals surface area contributed by atoms with Gasteiger partial charge in [0.15, 0.2) is 6.61 Å². The van der Waals surface area contributed by atoms with Crippen molar-refractivity contribution in [3.05, 3.63) is 65.7 Å². The zero-order chi connectivity index (χ0) is 17.4. The Bertz CT molecular complexity index is 629. The highest BCUT2D eigenvalue weighted by Crippen LogP contribution is 2.14. The molecule has 0 radical (unpaired) electrons. The predicted octanol–water partition coefficient (Wildman–Crippen LogP) is 1.80. The van der Waals surface area contributed by atoms with Crippen molar-refractivity contribution in [1.82, 2.24) is 5.32 Å². The van der Waals surface area contributed by atoms with Crippen molar-refractivity contribution in [1.29, 1.82) is 0 Å². The van der Waals surface area contributed by atoms with Gasteiger partial charge in [0.2, 0.25) is 0 Å². The van der Waals surface area contributed by atoms with E-state index >= 15 is 0 Å². The summed E-state index contributed by atoms with van der Waals surface area (Å²) in [6.45, 7) is 2.47. The van der Waals surface area contributed by atoms with Crippen molar-refractivity contribution < 1.29 is 14.6 Å². The molecule has 0 aliphatic rings. The molecule has 24 heavy (non-hydrogen) atoms. The third kappa shape index (κ3) is 6.02. The van der Waals surface area contributed by atoms with Crippen LogP contribution in [0.25, 0.3) is 0 Å². The van der Waals surface area contributed by atoms with Crippen molar-refractivity contribution in [2.45, 2.75) is 25.5 Å². The number of nitrogens with one attached hydrogen (secondary N) is 1. The molecular weight excluding hydrogens is 304 g/mol. The molecule has 2 aromatic carbocycles. The summed E-state index contributed by atoms with van der Waals surface area (Å²) < 4.78 is 5.23. The molecule has 5 heteroatoms. The number of carbonyl (C=O) groups is 1. The smallest absolute Gasteiger partial charge is 0.255 e. The fourth-order valence-electron chi connectivity index (χ4n) is 2.41. The van der Waals surface area contributed by atoms with Crippen molar-refractivity contribution in [3.8, 4) is 5.75 Å². The SMILES string of the molecule is C[C@H](Cc1ccc(OCC(N)=O)cc1)NC[C@H](O)c1ccccc1. The molecule has 0 aromatic heterocycles. The van der Waals surface area contributed by atoms with E-state index in [1.165, 1.54) is 0 Å². The van der Waals surface area contributed by atoms with Crippen molar-refractivity contribution in [2.24, 2.45) is 5.73 Å². The predicted molar refractivity (Wildman–Crippen MR) is 93.7 cm³/mol. The molecule has 5 nitrogen and oxygen atoms in total. The molecule has 4 N–H and O–H groups in total. The monoisotopic (exact) mass is 328 g/mol. The maximum absolute atomic E-state index is 10.7. The van der Waals surface area contributed by atoms with Crippen molar-refractivity contribution >= 4 is 5.91 Å². The molecule has 0 saturated carbocycles. The van der Waals surface area contributed by atoms with Gasteiger partial charge in [-0.1, -0.05) is 42.5 Å². The topological polar surface area (TPSA) is 84.6 Å². The molecule has 2 rings (SSSR count). The van der Waals surface area contributed by atoms with Crippen LogP contribution in [0.3, 0.4) is 0 Å². The van der Waals surface area contributed by atoms with Crippen LogP contribution in [0.2, 0.25) is 0 Å². The molecule has 0 heterocycles. The lowest BCUT2D eigenvalue weighted by Crippen LogP contribution is -2.32. The van der Waals surface area contributed by atoms with Crippen LogP contribution in [0.4, 0.5) is 0 Å². The Morgan fingerprint density at radius 1 is 1.17 bits per heavy atom. The number of rotatable bonds is 9. The number of aliphatic hydroxyl groups excluding tert-OH is 1. The minimum atomic E-state index is -0.516. The molecule has 0 aliphatic heterocycles. The van der Waals surface area contributed by atoms with Crippen molar-refractivity contribution in [3.63, 3.8) is 0 Å². The summed E-state index contributed by atoms with van der Waals surface area (Å²) in [5, 5.41) is 13.5. The van der Waals surface area contributed by atoms with Crippen LogP contribution in [-0.4, -0.2) is 30.2 Å². The summed E-state index contributed by atoms with van der Waals surface area (Å²) in [7, 11) is 0. The van der Waals surface area contributed by atoms with Crippen LogP contribution < -0.4 is 15.8 Å². The third-order valence-corrected chi connectivity index (χ3v) is 3.69. The summed E-state index contributed by atoms with van der Waals surface area (Å²) in [5.74, 6) is 0.131. The molecule has 0 unspecified atom stereocenters. The van der Waals surface area contributed by atoms with E-state index in [-0.39, 0.29) is 12.6 Å². The van der Waals surface area contributed by atoms with Gasteiger partial charge in [0.05, 0.1) is 6.10 Å². The highest BCUT2D eigenvalue weighted by atomic mass is 16.5. The van der Waals surface area contributed by atoms with Gasteiger partial charge in [-0.2, -0.15) is 0 Å². The second-order valence-electron chi connectivity index (χ2n) is 5.84. The molecule has 0 bridgehead atoms. The molecule has 2 aromatic rings. The van der Waals surface area contributed by atoms with Gasteiger partial charge in [0, 0.05) is 12.6 Å². The number of ether oxygens (including phenoxy) is 1. The van der Waals surface area contributed by atoms with E-state index in [1.807, 2.05) is 54.6 Å². The zero-order valence-corrected chi connectivity index (χ0v) is 13.8. The molecular formula is C19H24N2O3. The molecule has 0 spiro atoms. The third-order valence-electron chi connectivity index (χ3n) is 3.69. The van der Waals surface area contributed by atoms with Crippen LogP contribution >= 0.6 is 0 Å². The van der Waals surface area contributed by atoms with Crippen LogP contribution in [0, 0.1) is 0 Å². The summed E-state index contributed by atoms with van der Waals surface area (Å²) in [4.78, 5) is 10.7. The van der Waals surface area contributed by atoms with E-state index in [4.69, 9.17) is 10.5 Å². The van der Waals surface area contributed by atoms with Gasteiger partial charge < -0.3 is 20.9 Å². The first-order valence-corrected chi connectivity index (χ1v) is 8.01. The number of nitrogens with two attached hydrogens (primary N) is 1. The lowest BCUT2D eigenvalue weighted by atomic mass is 10.1. The molecule has 128 valence electrons. The Hall–Kier alpha value is -2.37. The van der Waals surface area contributed by atoms with Crippen molar-refractivity contribution in [2.75, 3.05) is 13.2 Å². The van der Waals surface area contributed by atoms with Crippen LogP contribution in [0.5, 0.6) is 5.75 Å². The highest BCUT2D eigenvalue weighted by molar-refractivity contribution is 5.75. The molecule has 2 atom stereocenters. The fourth-order valence-corrected chi connectivity index (χ4v) is 2.41. The minimum absolute atomic E-state index is 0.116. The van der Waals surface area contributed by atoms with Gasteiger partial charge in [0.1, 0.15) is 5.75 Å². The van der Waals surface area contributed by atoms with E-state index in [0.717, 1.165) is 17.5 Å². The Morgan fingerprint density at radius 3 is 2.46 bits per heavy atom. The number of benzene rings is 2. The number of amides is 1. The van der Waals surface area contributed by atoms with E-state index in [1.54, 1.807) is 0 Å². The molecule has 1 amide bonds. The molecule has 0 saturated heterocycles. The summed E-state index contributed by atoms with van der Waals surface area (Å²) in [6.07, 6.45) is 0.315. The largest absolute Gasteiger partial charge is 0.484 e. The average Bonchev–Trinajstić information content (AvgIpc) is 2.60. The van der Waals surface area contributed by atoms with E-state index < -0.39 is 12.0 Å². The summed E-state index contributed by atoms with van der Waals surface area (Å²) >= 11 is 0. The summed E-state index contributed by atoms with van der Waals surface area (Å²) in [6, 6.07) is 17.4. The molecule has 0 aliphatic carbocycles. The van der Waals surface area contributed by atoms with Gasteiger partial charge in [0.25, 0.3) is 5.91 Å². The average molecular weight is 328 g/mol. The van der Waals surface area contributed by atoms with Crippen LogP contribution in [0.15, 0.2) is 54.6 Å². The summed E-state index contributed by atoms with van der Waals surface area (Å²) in [5.41, 5.74) is 7.10. The van der Waals surface area contributed by atoms with Gasteiger partial charge >= 0.3 is 0 Å². The van der Waals surface area contributed by atoms with Gasteiger partial charge in [-0.25, -0.2) is 0 Å². The van der Waals surface area contributed by atoms with E-state index in [9.17, 15) is 9.90 Å². The number of hydrogen-bond acceptors (Lipinski definition) is 4. The van der Waals surface area contributed by atoms with Gasteiger partial charge in [-0.05, 0) is 36.6 Å². The maximum atomic E-state index is 10.7. The number of carbonyl (C=O) groups excluding carboxylic acids is 1. The standard InChI is InChI=1S/C19H24N2O3/c1-14(21-12-18(22)16-5-3-2-4-6-16)11-15-7-9-17(10-8-15)24-13-19(20)23/h2-10,14,18,21-22H,11-13H2,1H3,(H2,20,23)/t14-,18+/m1/s1. The number of hydrogen-bond donors (Lipinski definition) is 3. The number of primary amides is 1. The van der Waals surface area contributed by atoms with E-state index in [2.05, 4.69) is 12.2 Å².